The molecule has 0 aromatic heterocycles. The molecule has 1 aliphatic carbocycles. The minimum Gasteiger partial charge on any atom is -0.393 e. The van der Waals surface area contributed by atoms with Crippen molar-refractivity contribution in [1.29, 1.82) is 0 Å². The summed E-state index contributed by atoms with van der Waals surface area (Å²) in [5.74, 6) is 0.835. The Morgan fingerprint density at radius 3 is 2.57 bits per heavy atom. The van der Waals surface area contributed by atoms with E-state index in [-0.39, 0.29) is 6.10 Å². The minimum atomic E-state index is -0.0267. The van der Waals surface area contributed by atoms with Gasteiger partial charge in [0.05, 0.1) is 6.10 Å². The van der Waals surface area contributed by atoms with Crippen LogP contribution in [0.25, 0.3) is 0 Å². The lowest BCUT2D eigenvalue weighted by atomic mass is 9.93. The first-order valence-corrected chi connectivity index (χ1v) is 5.97. The van der Waals surface area contributed by atoms with E-state index in [2.05, 4.69) is 10.6 Å². The molecule has 1 heterocycles. The zero-order valence-electron chi connectivity index (χ0n) is 8.84. The molecular formula is C11H22N2O. The van der Waals surface area contributed by atoms with Gasteiger partial charge in [0.25, 0.3) is 0 Å². The van der Waals surface area contributed by atoms with Crippen LogP contribution in [0.2, 0.25) is 0 Å². The Kier molecular flexibility index (Phi) is 3.79. The molecule has 3 nitrogen and oxygen atoms in total. The van der Waals surface area contributed by atoms with Crippen molar-refractivity contribution in [2.75, 3.05) is 19.6 Å². The van der Waals surface area contributed by atoms with Crippen LogP contribution < -0.4 is 10.6 Å². The van der Waals surface area contributed by atoms with Gasteiger partial charge in [-0.05, 0) is 57.7 Å². The summed E-state index contributed by atoms with van der Waals surface area (Å²) in [5.41, 5.74) is 0. The van der Waals surface area contributed by atoms with Crippen LogP contribution in [-0.4, -0.2) is 36.9 Å². The fourth-order valence-electron chi connectivity index (χ4n) is 2.50. The molecule has 0 bridgehead atoms. The molecule has 3 heteroatoms. The van der Waals surface area contributed by atoms with Crippen molar-refractivity contribution in [3.8, 4) is 0 Å². The van der Waals surface area contributed by atoms with Crippen molar-refractivity contribution in [2.45, 2.75) is 44.2 Å². The molecule has 1 saturated carbocycles. The van der Waals surface area contributed by atoms with Gasteiger partial charge in [-0.3, -0.25) is 0 Å². The lowest BCUT2D eigenvalue weighted by Gasteiger charge is -2.27. The van der Waals surface area contributed by atoms with E-state index >= 15 is 0 Å². The number of nitrogens with one attached hydrogen (secondary N) is 2. The predicted octanol–water partition coefficient (Wildman–Crippen LogP) is 0.489. The standard InChI is InChI=1S/C11H22N2O/c14-11-3-1-10(2-4-11)13-8-9-5-6-12-7-9/h9-14H,1-8H2/t9-,10-,11-/m0/s1. The molecule has 1 atom stereocenters. The van der Waals surface area contributed by atoms with Gasteiger partial charge in [0.2, 0.25) is 0 Å². The Morgan fingerprint density at radius 1 is 1.14 bits per heavy atom. The summed E-state index contributed by atoms with van der Waals surface area (Å²) in [4.78, 5) is 0. The van der Waals surface area contributed by atoms with Crippen LogP contribution in [0.4, 0.5) is 0 Å². The summed E-state index contributed by atoms with van der Waals surface area (Å²) in [6.45, 7) is 3.53. The third kappa shape index (κ3) is 2.94. The highest BCUT2D eigenvalue weighted by Crippen LogP contribution is 2.18. The van der Waals surface area contributed by atoms with E-state index in [0.717, 1.165) is 38.1 Å². The van der Waals surface area contributed by atoms with E-state index < -0.39 is 0 Å². The molecule has 2 fully saturated rings. The molecule has 0 unspecified atom stereocenters. The summed E-state index contributed by atoms with van der Waals surface area (Å²) in [7, 11) is 0. The van der Waals surface area contributed by atoms with Crippen LogP contribution in [0, 0.1) is 5.92 Å². The summed E-state index contributed by atoms with van der Waals surface area (Å²) in [5, 5.41) is 16.4. The molecule has 1 saturated heterocycles. The lowest BCUT2D eigenvalue weighted by molar-refractivity contribution is 0.116. The molecule has 0 aromatic rings. The Hall–Kier alpha value is -0.120. The smallest absolute Gasteiger partial charge is 0.0541 e. The van der Waals surface area contributed by atoms with Gasteiger partial charge in [0, 0.05) is 6.04 Å². The first kappa shape index (κ1) is 10.4. The maximum absolute atomic E-state index is 9.37. The number of aliphatic hydroxyl groups is 1. The first-order chi connectivity index (χ1) is 6.84. The topological polar surface area (TPSA) is 44.3 Å². The molecule has 0 radical (unpaired) electrons. The second-order valence-corrected chi connectivity index (χ2v) is 4.77. The highest BCUT2D eigenvalue weighted by molar-refractivity contribution is 4.79. The number of aliphatic hydroxyl groups excluding tert-OH is 1. The Bertz CT molecular complexity index is 161. The number of hydrogen-bond acceptors (Lipinski definition) is 3. The van der Waals surface area contributed by atoms with E-state index in [1.54, 1.807) is 0 Å². The highest BCUT2D eigenvalue weighted by atomic mass is 16.3. The second kappa shape index (κ2) is 5.10. The normalized spacial score (nSPS) is 38.8. The lowest BCUT2D eigenvalue weighted by Crippen LogP contribution is -2.37. The average Bonchev–Trinajstić information content (AvgIpc) is 2.70. The van der Waals surface area contributed by atoms with E-state index in [9.17, 15) is 5.11 Å². The van der Waals surface area contributed by atoms with Crippen molar-refractivity contribution < 1.29 is 5.11 Å². The maximum atomic E-state index is 9.37. The van der Waals surface area contributed by atoms with Crippen molar-refractivity contribution in [3.63, 3.8) is 0 Å². The van der Waals surface area contributed by atoms with Crippen molar-refractivity contribution in [1.82, 2.24) is 10.6 Å². The molecule has 2 aliphatic rings. The third-order valence-electron chi connectivity index (χ3n) is 3.55. The van der Waals surface area contributed by atoms with Gasteiger partial charge in [-0.1, -0.05) is 0 Å². The zero-order valence-corrected chi connectivity index (χ0v) is 8.84. The van der Waals surface area contributed by atoms with Crippen LogP contribution in [-0.2, 0) is 0 Å². The molecule has 82 valence electrons. The molecule has 3 N–H and O–H groups in total. The van der Waals surface area contributed by atoms with E-state index in [4.69, 9.17) is 0 Å². The minimum absolute atomic E-state index is 0.0267. The van der Waals surface area contributed by atoms with Gasteiger partial charge in [-0.25, -0.2) is 0 Å². The van der Waals surface area contributed by atoms with Gasteiger partial charge >= 0.3 is 0 Å². The summed E-state index contributed by atoms with van der Waals surface area (Å²) < 4.78 is 0. The summed E-state index contributed by atoms with van der Waals surface area (Å²) in [6, 6.07) is 0.666. The van der Waals surface area contributed by atoms with Gasteiger partial charge < -0.3 is 15.7 Å². The molecule has 0 aromatic carbocycles. The Balaban J connectivity index is 1.60. The number of rotatable bonds is 3. The molecule has 2 rings (SSSR count). The fourth-order valence-corrected chi connectivity index (χ4v) is 2.50. The van der Waals surface area contributed by atoms with Crippen molar-refractivity contribution in [2.24, 2.45) is 5.92 Å². The molecule has 0 amide bonds. The van der Waals surface area contributed by atoms with Crippen molar-refractivity contribution in [3.05, 3.63) is 0 Å². The second-order valence-electron chi connectivity index (χ2n) is 4.77. The molecule has 14 heavy (non-hydrogen) atoms. The van der Waals surface area contributed by atoms with Gasteiger partial charge in [0.15, 0.2) is 0 Å². The van der Waals surface area contributed by atoms with Gasteiger partial charge in [-0.15, -0.1) is 0 Å². The number of hydrogen-bond donors (Lipinski definition) is 3. The van der Waals surface area contributed by atoms with Gasteiger partial charge in [-0.2, -0.15) is 0 Å². The fraction of sp³-hybridized carbons (Fsp3) is 1.00. The first-order valence-electron chi connectivity index (χ1n) is 5.97. The summed E-state index contributed by atoms with van der Waals surface area (Å²) in [6.07, 6.45) is 5.58. The van der Waals surface area contributed by atoms with Crippen LogP contribution in [0.15, 0.2) is 0 Å². The van der Waals surface area contributed by atoms with Crippen LogP contribution in [0.5, 0.6) is 0 Å². The predicted molar refractivity (Wildman–Crippen MR) is 57.2 cm³/mol. The monoisotopic (exact) mass is 198 g/mol. The van der Waals surface area contributed by atoms with Crippen LogP contribution in [0.1, 0.15) is 32.1 Å². The Morgan fingerprint density at radius 2 is 1.93 bits per heavy atom. The van der Waals surface area contributed by atoms with E-state index in [1.165, 1.54) is 19.5 Å². The van der Waals surface area contributed by atoms with Gasteiger partial charge in [0.1, 0.15) is 0 Å². The zero-order chi connectivity index (χ0) is 9.80. The molecular weight excluding hydrogens is 176 g/mol. The molecule has 1 aliphatic heterocycles. The quantitative estimate of drug-likeness (QED) is 0.618. The molecule has 0 spiro atoms. The average molecular weight is 198 g/mol. The van der Waals surface area contributed by atoms with Crippen molar-refractivity contribution >= 4 is 0 Å². The van der Waals surface area contributed by atoms with Crippen LogP contribution >= 0.6 is 0 Å². The largest absolute Gasteiger partial charge is 0.393 e. The van der Waals surface area contributed by atoms with E-state index in [1.807, 2.05) is 0 Å². The SMILES string of the molecule is O[C@H]1CC[C@H](NC[C@H]2CCNC2)CC1. The third-order valence-corrected chi connectivity index (χ3v) is 3.55. The van der Waals surface area contributed by atoms with Crippen LogP contribution in [0.3, 0.4) is 0 Å². The maximum Gasteiger partial charge on any atom is 0.0541 e. The summed E-state index contributed by atoms with van der Waals surface area (Å²) >= 11 is 0. The Labute approximate surface area is 86.3 Å². The highest BCUT2D eigenvalue weighted by Gasteiger charge is 2.20. The van der Waals surface area contributed by atoms with E-state index in [0.29, 0.717) is 6.04 Å².